The Hall–Kier alpha value is -1.11. The highest BCUT2D eigenvalue weighted by molar-refractivity contribution is 4.91. The van der Waals surface area contributed by atoms with Gasteiger partial charge in [0.05, 0.1) is 0 Å². The molecule has 1 atom stereocenters. The zero-order valence-electron chi connectivity index (χ0n) is 10.7. The molecular formula is C11H18F3N3O. The smallest absolute Gasteiger partial charge is 0.339 e. The van der Waals surface area contributed by atoms with Crippen LogP contribution in [0.2, 0.25) is 0 Å². The lowest BCUT2D eigenvalue weighted by Crippen LogP contribution is -2.29. The summed E-state index contributed by atoms with van der Waals surface area (Å²) in [6.07, 6.45) is -4.11. The molecule has 1 aromatic heterocycles. The standard InChI is InChI=1S/C11H18F3N3O/c1-7(2)4-8(15-3)5-10-16-9(17-18-10)6-11(12,13)14/h7-8,15H,4-6H2,1-3H3. The van der Waals surface area contributed by atoms with Gasteiger partial charge in [-0.3, -0.25) is 0 Å². The molecule has 0 aliphatic rings. The van der Waals surface area contributed by atoms with Crippen molar-refractivity contribution in [3.8, 4) is 0 Å². The van der Waals surface area contributed by atoms with Gasteiger partial charge in [0.2, 0.25) is 5.89 Å². The molecule has 0 amide bonds. The van der Waals surface area contributed by atoms with E-state index in [1.807, 2.05) is 0 Å². The van der Waals surface area contributed by atoms with Gasteiger partial charge in [-0.05, 0) is 19.4 Å². The summed E-state index contributed by atoms with van der Waals surface area (Å²) in [5.41, 5.74) is 0. The highest BCUT2D eigenvalue weighted by Crippen LogP contribution is 2.19. The Morgan fingerprint density at radius 1 is 1.33 bits per heavy atom. The van der Waals surface area contributed by atoms with Gasteiger partial charge < -0.3 is 9.84 Å². The van der Waals surface area contributed by atoms with Gasteiger partial charge in [-0.1, -0.05) is 19.0 Å². The summed E-state index contributed by atoms with van der Waals surface area (Å²) in [5, 5.41) is 6.42. The highest BCUT2D eigenvalue weighted by atomic mass is 19.4. The van der Waals surface area contributed by atoms with E-state index < -0.39 is 12.6 Å². The highest BCUT2D eigenvalue weighted by Gasteiger charge is 2.30. The molecule has 0 fully saturated rings. The maximum absolute atomic E-state index is 12.1. The van der Waals surface area contributed by atoms with Gasteiger partial charge in [0.25, 0.3) is 0 Å². The van der Waals surface area contributed by atoms with E-state index in [0.29, 0.717) is 12.3 Å². The minimum atomic E-state index is -4.30. The van der Waals surface area contributed by atoms with Crippen LogP contribution in [0, 0.1) is 5.92 Å². The van der Waals surface area contributed by atoms with Gasteiger partial charge in [0.15, 0.2) is 5.82 Å². The first-order valence-electron chi connectivity index (χ1n) is 5.85. The summed E-state index contributed by atoms with van der Waals surface area (Å²) in [6.45, 7) is 4.15. The number of halogens is 3. The Morgan fingerprint density at radius 3 is 2.50 bits per heavy atom. The van der Waals surface area contributed by atoms with Crippen LogP contribution in [0.4, 0.5) is 13.2 Å². The summed E-state index contributed by atoms with van der Waals surface area (Å²) >= 11 is 0. The molecular weight excluding hydrogens is 247 g/mol. The lowest BCUT2D eigenvalue weighted by molar-refractivity contribution is -0.128. The Labute approximate surface area is 104 Å². The number of alkyl halides is 3. The molecule has 1 aromatic rings. The average molecular weight is 265 g/mol. The first kappa shape index (κ1) is 14.9. The third kappa shape index (κ3) is 5.48. The Morgan fingerprint density at radius 2 is 2.00 bits per heavy atom. The maximum atomic E-state index is 12.1. The maximum Gasteiger partial charge on any atom is 0.396 e. The normalized spacial score (nSPS) is 14.2. The molecule has 0 saturated heterocycles. The summed E-state index contributed by atoms with van der Waals surface area (Å²) in [7, 11) is 1.81. The third-order valence-corrected chi connectivity index (χ3v) is 2.45. The molecule has 0 aliphatic carbocycles. The second-order valence-electron chi connectivity index (χ2n) is 4.72. The van der Waals surface area contributed by atoms with Gasteiger partial charge in [0, 0.05) is 12.5 Å². The van der Waals surface area contributed by atoms with E-state index in [4.69, 9.17) is 4.52 Å². The van der Waals surface area contributed by atoms with Crippen molar-refractivity contribution in [2.45, 2.75) is 45.3 Å². The molecule has 0 aliphatic heterocycles. The van der Waals surface area contributed by atoms with Crippen molar-refractivity contribution in [1.82, 2.24) is 15.5 Å². The van der Waals surface area contributed by atoms with Crippen molar-refractivity contribution in [2.24, 2.45) is 5.92 Å². The third-order valence-electron chi connectivity index (χ3n) is 2.45. The van der Waals surface area contributed by atoms with E-state index in [-0.39, 0.29) is 17.8 Å². The first-order chi connectivity index (χ1) is 8.30. The Balaban J connectivity index is 2.57. The van der Waals surface area contributed by atoms with Crippen LogP contribution in [0.25, 0.3) is 0 Å². The molecule has 1 N–H and O–H groups in total. The van der Waals surface area contributed by atoms with Crippen LogP contribution in [0.3, 0.4) is 0 Å². The number of rotatable bonds is 6. The molecule has 18 heavy (non-hydrogen) atoms. The van der Waals surface area contributed by atoms with Crippen molar-refractivity contribution < 1.29 is 17.7 Å². The molecule has 0 aromatic carbocycles. The monoisotopic (exact) mass is 265 g/mol. The largest absolute Gasteiger partial charge is 0.396 e. The molecule has 7 heteroatoms. The van der Waals surface area contributed by atoms with Gasteiger partial charge in [-0.15, -0.1) is 0 Å². The number of nitrogens with zero attached hydrogens (tertiary/aromatic N) is 2. The number of aromatic nitrogens is 2. The van der Waals surface area contributed by atoms with Crippen molar-refractivity contribution in [1.29, 1.82) is 0 Å². The molecule has 0 saturated carbocycles. The topological polar surface area (TPSA) is 51.0 Å². The van der Waals surface area contributed by atoms with Crippen LogP contribution in [0.15, 0.2) is 4.52 Å². The van der Waals surface area contributed by atoms with Gasteiger partial charge in [-0.2, -0.15) is 18.2 Å². The van der Waals surface area contributed by atoms with Crippen molar-refractivity contribution >= 4 is 0 Å². The molecule has 1 rings (SSSR count). The Bertz CT molecular complexity index is 363. The minimum absolute atomic E-state index is 0.129. The fraction of sp³-hybridized carbons (Fsp3) is 0.818. The number of hydrogen-bond acceptors (Lipinski definition) is 4. The quantitative estimate of drug-likeness (QED) is 0.857. The van der Waals surface area contributed by atoms with Crippen molar-refractivity contribution in [3.63, 3.8) is 0 Å². The van der Waals surface area contributed by atoms with Gasteiger partial charge in [0.1, 0.15) is 6.42 Å². The molecule has 1 heterocycles. The number of hydrogen-bond donors (Lipinski definition) is 1. The molecule has 0 spiro atoms. The van der Waals surface area contributed by atoms with Crippen LogP contribution >= 0.6 is 0 Å². The predicted octanol–water partition coefficient (Wildman–Crippen LogP) is 2.35. The zero-order valence-corrected chi connectivity index (χ0v) is 10.7. The second kappa shape index (κ2) is 6.17. The van der Waals surface area contributed by atoms with Crippen LogP contribution in [0.1, 0.15) is 32.0 Å². The molecule has 1 unspecified atom stereocenters. The number of likely N-dealkylation sites (N-methyl/N-ethyl adjacent to an activating group) is 1. The van der Waals surface area contributed by atoms with Crippen LogP contribution in [-0.4, -0.2) is 29.4 Å². The Kier molecular flexibility index (Phi) is 5.13. The summed E-state index contributed by atoms with van der Waals surface area (Å²) in [4.78, 5) is 3.75. The van der Waals surface area contributed by atoms with Gasteiger partial charge >= 0.3 is 6.18 Å². The van der Waals surface area contributed by atoms with E-state index in [1.165, 1.54) is 0 Å². The predicted molar refractivity (Wildman–Crippen MR) is 60.1 cm³/mol. The van der Waals surface area contributed by atoms with E-state index in [9.17, 15) is 13.2 Å². The van der Waals surface area contributed by atoms with E-state index in [2.05, 4.69) is 29.3 Å². The van der Waals surface area contributed by atoms with E-state index in [1.54, 1.807) is 7.05 Å². The van der Waals surface area contributed by atoms with Crippen LogP contribution < -0.4 is 5.32 Å². The molecule has 0 radical (unpaired) electrons. The lowest BCUT2D eigenvalue weighted by Gasteiger charge is -2.15. The number of nitrogens with one attached hydrogen (secondary N) is 1. The van der Waals surface area contributed by atoms with Crippen molar-refractivity contribution in [3.05, 3.63) is 11.7 Å². The fourth-order valence-electron chi connectivity index (χ4n) is 1.71. The van der Waals surface area contributed by atoms with Crippen LogP contribution in [-0.2, 0) is 12.8 Å². The van der Waals surface area contributed by atoms with Crippen molar-refractivity contribution in [2.75, 3.05) is 7.05 Å². The summed E-state index contributed by atoms with van der Waals surface area (Å²) < 4.78 is 41.2. The fourth-order valence-corrected chi connectivity index (χ4v) is 1.71. The zero-order chi connectivity index (χ0) is 13.8. The van der Waals surface area contributed by atoms with Crippen LogP contribution in [0.5, 0.6) is 0 Å². The average Bonchev–Trinajstić information content (AvgIpc) is 2.61. The van der Waals surface area contributed by atoms with E-state index in [0.717, 1.165) is 6.42 Å². The molecule has 4 nitrogen and oxygen atoms in total. The van der Waals surface area contributed by atoms with E-state index >= 15 is 0 Å². The molecule has 104 valence electrons. The van der Waals surface area contributed by atoms with Gasteiger partial charge in [-0.25, -0.2) is 0 Å². The lowest BCUT2D eigenvalue weighted by atomic mass is 10.0. The first-order valence-corrected chi connectivity index (χ1v) is 5.85. The summed E-state index contributed by atoms with van der Waals surface area (Å²) in [6, 6.07) is 0.129. The molecule has 0 bridgehead atoms. The minimum Gasteiger partial charge on any atom is -0.339 e. The summed E-state index contributed by atoms with van der Waals surface area (Å²) in [5.74, 6) is 0.422. The second-order valence-corrected chi connectivity index (χ2v) is 4.72. The SMILES string of the molecule is CNC(Cc1nc(CC(F)(F)F)no1)CC(C)C.